The van der Waals surface area contributed by atoms with Gasteiger partial charge in [0.15, 0.2) is 0 Å². The highest BCUT2D eigenvalue weighted by atomic mass is 16.6. The average molecular weight is 388 g/mol. The van der Waals surface area contributed by atoms with E-state index in [4.69, 9.17) is 14.6 Å². The number of carboxylic acids is 1. The number of aromatic nitrogens is 1. The van der Waals surface area contributed by atoms with Crippen LogP contribution in [-0.2, 0) is 34.3 Å². The molecule has 0 fully saturated rings. The summed E-state index contributed by atoms with van der Waals surface area (Å²) < 4.78 is 12.0. The SMILES string of the molecule is Cn1cc(NC(=O)OC(C)(C)C)cc1C(=O)OCc1ccc(CC(=O)O)cc1. The maximum Gasteiger partial charge on any atom is 0.412 e. The number of aliphatic carboxylic acids is 1. The first kappa shape index (κ1) is 21.0. The molecule has 0 atom stereocenters. The van der Waals surface area contributed by atoms with E-state index in [1.165, 1.54) is 6.07 Å². The molecule has 0 aliphatic heterocycles. The lowest BCUT2D eigenvalue weighted by atomic mass is 10.1. The smallest absolute Gasteiger partial charge is 0.412 e. The third-order valence-corrected chi connectivity index (χ3v) is 3.61. The van der Waals surface area contributed by atoms with Gasteiger partial charge in [-0.15, -0.1) is 0 Å². The van der Waals surface area contributed by atoms with Gasteiger partial charge in [-0.3, -0.25) is 10.1 Å². The van der Waals surface area contributed by atoms with E-state index in [9.17, 15) is 14.4 Å². The van der Waals surface area contributed by atoms with Gasteiger partial charge in [-0.05, 0) is 38.0 Å². The quantitative estimate of drug-likeness (QED) is 0.735. The summed E-state index contributed by atoms with van der Waals surface area (Å²) in [5.74, 6) is -1.45. The number of nitrogens with zero attached hydrogens (tertiary/aromatic N) is 1. The minimum absolute atomic E-state index is 0.0478. The molecule has 1 aromatic heterocycles. The Morgan fingerprint density at radius 1 is 1.11 bits per heavy atom. The van der Waals surface area contributed by atoms with Crippen molar-refractivity contribution in [2.24, 2.45) is 7.05 Å². The topological polar surface area (TPSA) is 107 Å². The molecule has 0 saturated heterocycles. The summed E-state index contributed by atoms with van der Waals surface area (Å²) in [4.78, 5) is 34.8. The van der Waals surface area contributed by atoms with Crippen LogP contribution in [0.15, 0.2) is 36.5 Å². The second-order valence-corrected chi connectivity index (χ2v) is 7.31. The van der Waals surface area contributed by atoms with Gasteiger partial charge >= 0.3 is 18.0 Å². The first-order valence-corrected chi connectivity index (χ1v) is 8.66. The Morgan fingerprint density at radius 2 is 1.71 bits per heavy atom. The van der Waals surface area contributed by atoms with Crippen LogP contribution in [0.1, 0.15) is 42.4 Å². The Kier molecular flexibility index (Phi) is 6.45. The minimum Gasteiger partial charge on any atom is -0.481 e. The molecule has 2 aromatic rings. The molecule has 150 valence electrons. The number of hydrogen-bond donors (Lipinski definition) is 2. The van der Waals surface area contributed by atoms with Crippen molar-refractivity contribution in [2.45, 2.75) is 39.4 Å². The van der Waals surface area contributed by atoms with Gasteiger partial charge in [-0.1, -0.05) is 24.3 Å². The minimum atomic E-state index is -0.904. The fraction of sp³-hybridized carbons (Fsp3) is 0.350. The number of nitrogens with one attached hydrogen (secondary N) is 1. The molecule has 0 unspecified atom stereocenters. The fourth-order valence-corrected chi connectivity index (χ4v) is 2.41. The number of carboxylic acid groups (broad SMARTS) is 1. The van der Waals surface area contributed by atoms with Crippen molar-refractivity contribution in [3.63, 3.8) is 0 Å². The molecule has 28 heavy (non-hydrogen) atoms. The summed E-state index contributed by atoms with van der Waals surface area (Å²) in [6, 6.07) is 8.30. The zero-order valence-corrected chi connectivity index (χ0v) is 16.3. The second-order valence-electron chi connectivity index (χ2n) is 7.31. The summed E-state index contributed by atoms with van der Waals surface area (Å²) >= 11 is 0. The summed E-state index contributed by atoms with van der Waals surface area (Å²) in [7, 11) is 1.66. The van der Waals surface area contributed by atoms with Crippen LogP contribution in [0.3, 0.4) is 0 Å². The number of carbonyl (C=O) groups excluding carboxylic acids is 2. The number of anilines is 1. The van der Waals surface area contributed by atoms with Crippen molar-refractivity contribution in [3.8, 4) is 0 Å². The van der Waals surface area contributed by atoms with E-state index < -0.39 is 23.6 Å². The standard InChI is InChI=1S/C20H24N2O6/c1-20(2,3)28-19(26)21-15-10-16(22(4)11-15)18(25)27-12-14-7-5-13(6-8-14)9-17(23)24/h5-8,10-11H,9,12H2,1-4H3,(H,21,26)(H,23,24). The Bertz CT molecular complexity index is 862. The summed E-state index contributed by atoms with van der Waals surface area (Å²) in [5, 5.41) is 11.3. The number of aryl methyl sites for hydroxylation is 1. The molecular weight excluding hydrogens is 364 g/mol. The predicted octanol–water partition coefficient (Wildman–Crippen LogP) is 3.36. The van der Waals surface area contributed by atoms with Crippen LogP contribution >= 0.6 is 0 Å². The largest absolute Gasteiger partial charge is 0.481 e. The van der Waals surface area contributed by atoms with Crippen molar-refractivity contribution in [1.82, 2.24) is 4.57 Å². The van der Waals surface area contributed by atoms with Gasteiger partial charge < -0.3 is 19.1 Å². The van der Waals surface area contributed by atoms with E-state index >= 15 is 0 Å². The molecule has 0 aliphatic carbocycles. The lowest BCUT2D eigenvalue weighted by Crippen LogP contribution is -2.27. The van der Waals surface area contributed by atoms with Gasteiger partial charge in [-0.25, -0.2) is 9.59 Å². The Hall–Kier alpha value is -3.29. The highest BCUT2D eigenvalue weighted by Crippen LogP contribution is 2.17. The van der Waals surface area contributed by atoms with Gasteiger partial charge in [-0.2, -0.15) is 0 Å². The lowest BCUT2D eigenvalue weighted by Gasteiger charge is -2.19. The highest BCUT2D eigenvalue weighted by molar-refractivity contribution is 5.92. The third kappa shape index (κ3) is 6.46. The fourth-order valence-electron chi connectivity index (χ4n) is 2.41. The molecule has 1 heterocycles. The van der Waals surface area contributed by atoms with Gasteiger partial charge in [0.25, 0.3) is 0 Å². The number of carbonyl (C=O) groups is 3. The van der Waals surface area contributed by atoms with Crippen molar-refractivity contribution in [2.75, 3.05) is 5.32 Å². The molecule has 0 spiro atoms. The van der Waals surface area contributed by atoms with E-state index in [0.29, 0.717) is 11.3 Å². The number of benzene rings is 1. The summed E-state index contributed by atoms with van der Waals surface area (Å²) in [5.41, 5.74) is 1.47. The molecular formula is C20H24N2O6. The van der Waals surface area contributed by atoms with Crippen molar-refractivity contribution < 1.29 is 29.0 Å². The molecule has 0 radical (unpaired) electrons. The molecule has 0 aliphatic rings. The van der Waals surface area contributed by atoms with Crippen LogP contribution in [0.5, 0.6) is 0 Å². The highest BCUT2D eigenvalue weighted by Gasteiger charge is 2.19. The van der Waals surface area contributed by atoms with Crippen LogP contribution in [-0.4, -0.2) is 33.3 Å². The van der Waals surface area contributed by atoms with Gasteiger partial charge in [0, 0.05) is 13.2 Å². The maximum atomic E-state index is 12.3. The van der Waals surface area contributed by atoms with Crippen LogP contribution in [0.4, 0.5) is 10.5 Å². The first-order chi connectivity index (χ1) is 13.0. The molecule has 0 bridgehead atoms. The number of hydrogen-bond acceptors (Lipinski definition) is 5. The zero-order chi connectivity index (χ0) is 20.9. The van der Waals surface area contributed by atoms with Crippen molar-refractivity contribution in [3.05, 3.63) is 53.3 Å². The van der Waals surface area contributed by atoms with E-state index in [1.54, 1.807) is 62.8 Å². The zero-order valence-electron chi connectivity index (χ0n) is 16.3. The average Bonchev–Trinajstić information content (AvgIpc) is 2.91. The monoisotopic (exact) mass is 388 g/mol. The predicted molar refractivity (Wildman–Crippen MR) is 102 cm³/mol. The number of esters is 1. The number of rotatable bonds is 6. The summed E-state index contributed by atoms with van der Waals surface area (Å²) in [6.45, 7) is 5.32. The van der Waals surface area contributed by atoms with Crippen LogP contribution in [0.25, 0.3) is 0 Å². The number of ether oxygens (including phenoxy) is 2. The molecule has 2 N–H and O–H groups in total. The third-order valence-electron chi connectivity index (χ3n) is 3.61. The molecule has 8 nitrogen and oxygen atoms in total. The van der Waals surface area contributed by atoms with Crippen LogP contribution in [0.2, 0.25) is 0 Å². The van der Waals surface area contributed by atoms with E-state index in [-0.39, 0.29) is 18.7 Å². The lowest BCUT2D eigenvalue weighted by molar-refractivity contribution is -0.136. The Balaban J connectivity index is 1.94. The molecule has 1 amide bonds. The van der Waals surface area contributed by atoms with Crippen LogP contribution in [0, 0.1) is 0 Å². The Labute approximate surface area is 163 Å². The van der Waals surface area contributed by atoms with Crippen molar-refractivity contribution in [1.29, 1.82) is 0 Å². The maximum absolute atomic E-state index is 12.3. The van der Waals surface area contributed by atoms with Gasteiger partial charge in [0.2, 0.25) is 0 Å². The number of amides is 1. The molecule has 2 rings (SSSR count). The second kappa shape index (κ2) is 8.60. The molecule has 1 aromatic carbocycles. The Morgan fingerprint density at radius 3 is 2.29 bits per heavy atom. The van der Waals surface area contributed by atoms with E-state index in [1.807, 2.05) is 0 Å². The molecule has 8 heteroatoms. The van der Waals surface area contributed by atoms with Crippen molar-refractivity contribution >= 4 is 23.7 Å². The van der Waals surface area contributed by atoms with E-state index in [2.05, 4.69) is 5.32 Å². The van der Waals surface area contributed by atoms with Gasteiger partial charge in [0.1, 0.15) is 17.9 Å². The van der Waals surface area contributed by atoms with E-state index in [0.717, 1.165) is 5.56 Å². The van der Waals surface area contributed by atoms with Crippen LogP contribution < -0.4 is 5.32 Å². The summed E-state index contributed by atoms with van der Waals surface area (Å²) in [6.07, 6.45) is 0.914. The first-order valence-electron chi connectivity index (χ1n) is 8.66. The molecule has 0 saturated carbocycles. The normalized spacial score (nSPS) is 11.0. The van der Waals surface area contributed by atoms with Gasteiger partial charge in [0.05, 0.1) is 12.1 Å².